The highest BCUT2D eigenvalue weighted by atomic mass is 35.5. The maximum absolute atomic E-state index is 5.70. The van der Waals surface area contributed by atoms with E-state index in [-0.39, 0.29) is 0 Å². The van der Waals surface area contributed by atoms with Gasteiger partial charge in [-0.1, -0.05) is 18.6 Å². The maximum Gasteiger partial charge on any atom is 0.0369 e. The van der Waals surface area contributed by atoms with E-state index in [1.54, 1.807) is 0 Å². The second-order valence-electron chi connectivity index (χ2n) is 5.42. The molecule has 106 valence electrons. The number of unbranched alkanes of at least 4 members (excludes halogenated alkanes) is 2. The molecule has 1 aromatic carbocycles. The third-order valence-corrected chi connectivity index (χ3v) is 4.11. The van der Waals surface area contributed by atoms with Crippen LogP contribution in [-0.2, 0) is 0 Å². The highest BCUT2D eigenvalue weighted by Gasteiger charge is 2.16. The molecule has 0 atom stereocenters. The van der Waals surface area contributed by atoms with Crippen LogP contribution in [0.2, 0.25) is 0 Å². The molecule has 1 aliphatic rings. The van der Waals surface area contributed by atoms with Gasteiger partial charge in [-0.25, -0.2) is 0 Å². The first-order valence-electron chi connectivity index (χ1n) is 7.39. The van der Waals surface area contributed by atoms with Gasteiger partial charge in [-0.05, 0) is 44.0 Å². The zero-order valence-corrected chi connectivity index (χ0v) is 12.7. The summed E-state index contributed by atoms with van der Waals surface area (Å²) in [4.78, 5) is 5.09. The summed E-state index contributed by atoms with van der Waals surface area (Å²) in [6.07, 6.45) is 3.71. The first kappa shape index (κ1) is 14.7. The van der Waals surface area contributed by atoms with Crippen molar-refractivity contribution in [2.24, 2.45) is 0 Å². The molecule has 19 heavy (non-hydrogen) atoms. The minimum atomic E-state index is 0.807. The molecule has 0 radical (unpaired) electrons. The van der Waals surface area contributed by atoms with E-state index in [0.717, 1.165) is 25.4 Å². The van der Waals surface area contributed by atoms with Gasteiger partial charge >= 0.3 is 0 Å². The van der Waals surface area contributed by atoms with Crippen LogP contribution in [-0.4, -0.2) is 43.5 Å². The van der Waals surface area contributed by atoms with Crippen molar-refractivity contribution in [1.29, 1.82) is 0 Å². The van der Waals surface area contributed by atoms with Crippen LogP contribution < -0.4 is 4.90 Å². The molecule has 0 N–H and O–H groups in total. The molecule has 0 aromatic heterocycles. The average molecular weight is 281 g/mol. The second-order valence-corrected chi connectivity index (χ2v) is 5.80. The second kappa shape index (κ2) is 7.76. The summed E-state index contributed by atoms with van der Waals surface area (Å²) in [5.74, 6) is 0.807. The number of benzene rings is 1. The molecule has 1 aromatic rings. The minimum absolute atomic E-state index is 0.807. The zero-order chi connectivity index (χ0) is 13.5. The van der Waals surface area contributed by atoms with Crippen LogP contribution >= 0.6 is 11.6 Å². The van der Waals surface area contributed by atoms with E-state index < -0.39 is 0 Å². The van der Waals surface area contributed by atoms with Crippen molar-refractivity contribution >= 4 is 17.3 Å². The summed E-state index contributed by atoms with van der Waals surface area (Å²) in [5.41, 5.74) is 2.72. The van der Waals surface area contributed by atoms with E-state index in [1.807, 2.05) is 0 Å². The lowest BCUT2D eigenvalue weighted by molar-refractivity contribution is 0.253. The molecule has 1 fully saturated rings. The van der Waals surface area contributed by atoms with Gasteiger partial charge in [0.15, 0.2) is 0 Å². The van der Waals surface area contributed by atoms with Gasteiger partial charge in [-0.3, -0.25) is 4.90 Å². The molecule has 0 unspecified atom stereocenters. The van der Waals surface area contributed by atoms with E-state index in [4.69, 9.17) is 11.6 Å². The van der Waals surface area contributed by atoms with Crippen molar-refractivity contribution in [3.05, 3.63) is 29.8 Å². The Hall–Kier alpha value is -0.730. The number of rotatable bonds is 6. The van der Waals surface area contributed by atoms with Crippen molar-refractivity contribution in [2.45, 2.75) is 26.2 Å². The Bertz CT molecular complexity index is 373. The molecule has 2 nitrogen and oxygen atoms in total. The molecule has 2 rings (SSSR count). The number of aryl methyl sites for hydroxylation is 1. The fourth-order valence-electron chi connectivity index (χ4n) is 2.66. The summed E-state index contributed by atoms with van der Waals surface area (Å²) < 4.78 is 0. The number of hydrogen-bond donors (Lipinski definition) is 0. The molecule has 0 bridgehead atoms. The Labute approximate surface area is 122 Å². The van der Waals surface area contributed by atoms with Crippen molar-refractivity contribution in [2.75, 3.05) is 43.5 Å². The molecule has 0 spiro atoms. The molecular weight excluding hydrogens is 256 g/mol. The van der Waals surface area contributed by atoms with Crippen LogP contribution in [0.15, 0.2) is 24.3 Å². The lowest BCUT2D eigenvalue weighted by Crippen LogP contribution is -2.46. The van der Waals surface area contributed by atoms with Crippen molar-refractivity contribution < 1.29 is 0 Å². The van der Waals surface area contributed by atoms with Crippen LogP contribution in [0.5, 0.6) is 0 Å². The lowest BCUT2D eigenvalue weighted by atomic mass is 10.2. The van der Waals surface area contributed by atoms with Crippen LogP contribution in [0.3, 0.4) is 0 Å². The first-order valence-corrected chi connectivity index (χ1v) is 7.93. The van der Waals surface area contributed by atoms with E-state index in [0.29, 0.717) is 0 Å². The van der Waals surface area contributed by atoms with Gasteiger partial charge in [-0.2, -0.15) is 0 Å². The summed E-state index contributed by atoms with van der Waals surface area (Å²) in [6.45, 7) is 8.08. The lowest BCUT2D eigenvalue weighted by Gasteiger charge is -2.36. The van der Waals surface area contributed by atoms with Crippen LogP contribution in [0.1, 0.15) is 24.8 Å². The van der Waals surface area contributed by atoms with Crippen molar-refractivity contribution in [1.82, 2.24) is 4.90 Å². The summed E-state index contributed by atoms with van der Waals surface area (Å²) >= 11 is 5.70. The minimum Gasteiger partial charge on any atom is -0.369 e. The Kier molecular flexibility index (Phi) is 5.99. The highest BCUT2D eigenvalue weighted by molar-refractivity contribution is 6.17. The molecule has 0 saturated carbocycles. The normalized spacial score (nSPS) is 16.8. The van der Waals surface area contributed by atoms with Gasteiger partial charge in [-0.15, -0.1) is 11.6 Å². The Morgan fingerprint density at radius 3 is 2.53 bits per heavy atom. The third kappa shape index (κ3) is 4.70. The Balaban J connectivity index is 1.73. The number of nitrogens with zero attached hydrogens (tertiary/aromatic N) is 2. The van der Waals surface area contributed by atoms with E-state index in [2.05, 4.69) is 41.0 Å². The van der Waals surface area contributed by atoms with E-state index in [1.165, 1.54) is 43.7 Å². The molecule has 0 amide bonds. The topological polar surface area (TPSA) is 6.48 Å². The molecule has 1 heterocycles. The Morgan fingerprint density at radius 1 is 1.05 bits per heavy atom. The van der Waals surface area contributed by atoms with Gasteiger partial charge in [0.1, 0.15) is 0 Å². The molecular formula is C16H25ClN2. The standard InChI is InChI=1S/C16H25ClN2/c1-15-6-5-7-16(14-15)19-12-10-18(11-13-19)9-4-2-3-8-17/h5-7,14H,2-4,8-13H2,1H3. The van der Waals surface area contributed by atoms with Gasteiger partial charge in [0.25, 0.3) is 0 Å². The summed E-state index contributed by atoms with van der Waals surface area (Å²) in [5, 5.41) is 0. The molecule has 0 aliphatic carbocycles. The molecule has 1 aliphatic heterocycles. The monoisotopic (exact) mass is 280 g/mol. The predicted octanol–water partition coefficient (Wildman–Crippen LogP) is 3.53. The van der Waals surface area contributed by atoms with Gasteiger partial charge in [0.05, 0.1) is 0 Å². The maximum atomic E-state index is 5.70. The van der Waals surface area contributed by atoms with Gasteiger partial charge < -0.3 is 4.90 Å². The zero-order valence-electron chi connectivity index (χ0n) is 11.9. The van der Waals surface area contributed by atoms with E-state index >= 15 is 0 Å². The number of halogens is 1. The van der Waals surface area contributed by atoms with Crippen LogP contribution in [0.25, 0.3) is 0 Å². The molecule has 1 saturated heterocycles. The van der Waals surface area contributed by atoms with Crippen LogP contribution in [0.4, 0.5) is 5.69 Å². The molecule has 3 heteroatoms. The fourth-order valence-corrected chi connectivity index (χ4v) is 2.85. The van der Waals surface area contributed by atoms with Crippen LogP contribution in [0, 0.1) is 6.92 Å². The summed E-state index contributed by atoms with van der Waals surface area (Å²) in [7, 11) is 0. The third-order valence-electron chi connectivity index (χ3n) is 3.85. The van der Waals surface area contributed by atoms with Gasteiger partial charge in [0, 0.05) is 37.7 Å². The smallest absolute Gasteiger partial charge is 0.0369 e. The van der Waals surface area contributed by atoms with Crippen molar-refractivity contribution in [3.8, 4) is 0 Å². The number of anilines is 1. The Morgan fingerprint density at radius 2 is 1.84 bits per heavy atom. The first-order chi connectivity index (χ1) is 9.29. The summed E-state index contributed by atoms with van der Waals surface area (Å²) in [6, 6.07) is 8.83. The number of piperazine rings is 1. The quantitative estimate of drug-likeness (QED) is 0.581. The predicted molar refractivity (Wildman–Crippen MR) is 84.4 cm³/mol. The average Bonchev–Trinajstić information content (AvgIpc) is 2.44. The largest absolute Gasteiger partial charge is 0.369 e. The number of alkyl halides is 1. The highest BCUT2D eigenvalue weighted by Crippen LogP contribution is 2.17. The van der Waals surface area contributed by atoms with Gasteiger partial charge in [0.2, 0.25) is 0 Å². The van der Waals surface area contributed by atoms with Crippen molar-refractivity contribution in [3.63, 3.8) is 0 Å². The fraction of sp³-hybridized carbons (Fsp3) is 0.625. The van der Waals surface area contributed by atoms with E-state index in [9.17, 15) is 0 Å². The SMILES string of the molecule is Cc1cccc(N2CCN(CCCCCCl)CC2)c1. The number of hydrogen-bond acceptors (Lipinski definition) is 2.